The van der Waals surface area contributed by atoms with E-state index in [1.165, 1.54) is 59.5 Å². The van der Waals surface area contributed by atoms with Gasteiger partial charge in [-0.05, 0) is 68.4 Å². The van der Waals surface area contributed by atoms with Gasteiger partial charge in [-0.25, -0.2) is 4.98 Å². The van der Waals surface area contributed by atoms with Gasteiger partial charge in [0.2, 0.25) is 0 Å². The van der Waals surface area contributed by atoms with Crippen molar-refractivity contribution in [2.24, 2.45) is 0 Å². The SMILES string of the molecule is c1ccc(-c2nc3c4c5ccccc5ccc4c4ccc(-c5cccc(-n6c7ccccc7c7c8ccccc8ccc76)c5)cc4n3c2-c2ccccc2)cc1. The molecule has 0 aliphatic rings. The molecule has 0 aliphatic heterocycles. The maximum atomic E-state index is 5.58. The van der Waals surface area contributed by atoms with Crippen LogP contribution in [0.3, 0.4) is 0 Å². The summed E-state index contributed by atoms with van der Waals surface area (Å²) in [5.74, 6) is 0. The highest BCUT2D eigenvalue weighted by Crippen LogP contribution is 2.43. The third-order valence-electron chi connectivity index (χ3n) is 11.7. The summed E-state index contributed by atoms with van der Waals surface area (Å²) in [6, 6.07) is 72.6. The summed E-state index contributed by atoms with van der Waals surface area (Å²) >= 11 is 0. The average Bonchev–Trinajstić information content (AvgIpc) is 3.84. The van der Waals surface area contributed by atoms with Gasteiger partial charge >= 0.3 is 0 Å². The predicted molar refractivity (Wildman–Crippen MR) is 236 cm³/mol. The van der Waals surface area contributed by atoms with Crippen molar-refractivity contribution >= 4 is 70.7 Å². The smallest absolute Gasteiger partial charge is 0.147 e. The predicted octanol–water partition coefficient (Wildman–Crippen LogP) is 14.0. The van der Waals surface area contributed by atoms with E-state index in [1.54, 1.807) is 0 Å². The molecule has 3 heteroatoms. The number of fused-ring (bicyclic) bond motifs is 13. The van der Waals surface area contributed by atoms with Crippen molar-refractivity contribution in [3.8, 4) is 39.3 Å². The number of hydrogen-bond acceptors (Lipinski definition) is 1. The second-order valence-corrected chi connectivity index (χ2v) is 14.7. The van der Waals surface area contributed by atoms with E-state index in [4.69, 9.17) is 4.98 Å². The molecule has 0 atom stereocenters. The van der Waals surface area contributed by atoms with E-state index in [-0.39, 0.29) is 0 Å². The Morgan fingerprint density at radius 2 is 0.946 bits per heavy atom. The van der Waals surface area contributed by atoms with Crippen LogP contribution in [0.2, 0.25) is 0 Å². The van der Waals surface area contributed by atoms with Crippen molar-refractivity contribution in [2.45, 2.75) is 0 Å². The Morgan fingerprint density at radius 3 is 1.73 bits per heavy atom. The van der Waals surface area contributed by atoms with Crippen molar-refractivity contribution in [1.29, 1.82) is 0 Å². The van der Waals surface area contributed by atoms with E-state index in [1.807, 2.05) is 0 Å². The van der Waals surface area contributed by atoms with E-state index in [0.29, 0.717) is 0 Å². The van der Waals surface area contributed by atoms with Gasteiger partial charge in [0, 0.05) is 38.4 Å². The lowest BCUT2D eigenvalue weighted by molar-refractivity contribution is 1.18. The minimum Gasteiger partial charge on any atom is -0.309 e. The largest absolute Gasteiger partial charge is 0.309 e. The van der Waals surface area contributed by atoms with Crippen LogP contribution in [0.15, 0.2) is 200 Å². The van der Waals surface area contributed by atoms with Gasteiger partial charge in [0.15, 0.2) is 0 Å². The summed E-state index contributed by atoms with van der Waals surface area (Å²) in [5, 5.41) is 11.1. The maximum Gasteiger partial charge on any atom is 0.147 e. The van der Waals surface area contributed by atoms with Crippen LogP contribution in [0, 0.1) is 0 Å². The van der Waals surface area contributed by atoms with Crippen LogP contribution in [0.1, 0.15) is 0 Å². The minimum absolute atomic E-state index is 0.963. The third kappa shape index (κ3) is 4.49. The minimum atomic E-state index is 0.963. The summed E-state index contributed by atoms with van der Waals surface area (Å²) in [7, 11) is 0. The Balaban J connectivity index is 1.16. The number of hydrogen-bond donors (Lipinski definition) is 0. The molecule has 0 radical (unpaired) electrons. The average molecular weight is 712 g/mol. The lowest BCUT2D eigenvalue weighted by atomic mass is 9.97. The Bertz CT molecular complexity index is 3520. The Morgan fingerprint density at radius 1 is 0.339 bits per heavy atom. The molecule has 56 heavy (non-hydrogen) atoms. The van der Waals surface area contributed by atoms with E-state index < -0.39 is 0 Å². The van der Waals surface area contributed by atoms with Crippen molar-refractivity contribution in [2.75, 3.05) is 0 Å². The standard InChI is InChI=1S/C53H33N3/c1-3-16-36(17-4-1)51-52(37-18-5-2-6-19-37)56-48-33-39(27-29-43(48)44-30-26-34-14-8-10-23-42(34)50(44)53(56)54-51)38-20-13-21-40(32-38)55-46-25-12-11-24-45(46)49-41-22-9-7-15-35(41)28-31-47(49)55/h1-33H. The van der Waals surface area contributed by atoms with Crippen LogP contribution >= 0.6 is 0 Å². The molecule has 3 aromatic heterocycles. The number of imidazole rings is 1. The monoisotopic (exact) mass is 711 g/mol. The van der Waals surface area contributed by atoms with Crippen LogP contribution in [0.4, 0.5) is 0 Å². The summed E-state index contributed by atoms with van der Waals surface area (Å²) < 4.78 is 4.85. The number of rotatable bonds is 4. The lowest BCUT2D eigenvalue weighted by Gasteiger charge is -2.15. The van der Waals surface area contributed by atoms with Crippen LogP contribution in [-0.2, 0) is 0 Å². The molecular formula is C53H33N3. The van der Waals surface area contributed by atoms with Gasteiger partial charge in [-0.15, -0.1) is 0 Å². The van der Waals surface area contributed by atoms with Gasteiger partial charge in [0.1, 0.15) is 5.65 Å². The lowest BCUT2D eigenvalue weighted by Crippen LogP contribution is -1.96. The topological polar surface area (TPSA) is 22.2 Å². The van der Waals surface area contributed by atoms with Crippen molar-refractivity contribution in [1.82, 2.24) is 14.0 Å². The van der Waals surface area contributed by atoms with E-state index in [0.717, 1.165) is 50.5 Å². The van der Waals surface area contributed by atoms with Crippen LogP contribution in [-0.4, -0.2) is 14.0 Å². The molecule has 0 fully saturated rings. The first-order chi connectivity index (χ1) is 27.8. The molecule has 9 aromatic carbocycles. The molecule has 0 amide bonds. The summed E-state index contributed by atoms with van der Waals surface area (Å²) in [6.07, 6.45) is 0. The fraction of sp³-hybridized carbons (Fsp3) is 0. The fourth-order valence-corrected chi connectivity index (χ4v) is 9.18. The molecule has 3 heterocycles. The zero-order valence-corrected chi connectivity index (χ0v) is 30.4. The van der Waals surface area contributed by atoms with Crippen LogP contribution < -0.4 is 0 Å². The van der Waals surface area contributed by atoms with Crippen molar-refractivity contribution < 1.29 is 0 Å². The number of benzene rings is 9. The molecule has 0 bridgehead atoms. The fourth-order valence-electron chi connectivity index (χ4n) is 9.18. The van der Waals surface area contributed by atoms with Crippen molar-refractivity contribution in [3.63, 3.8) is 0 Å². The highest BCUT2D eigenvalue weighted by Gasteiger charge is 2.22. The van der Waals surface area contributed by atoms with Gasteiger partial charge in [0.05, 0.1) is 27.9 Å². The normalized spacial score (nSPS) is 11.9. The summed E-state index contributed by atoms with van der Waals surface area (Å²) in [6.45, 7) is 0. The Hall–Kier alpha value is -7.49. The van der Waals surface area contributed by atoms with Gasteiger partial charge in [-0.2, -0.15) is 0 Å². The van der Waals surface area contributed by atoms with Crippen molar-refractivity contribution in [3.05, 3.63) is 200 Å². The highest BCUT2D eigenvalue weighted by atomic mass is 15.0. The summed E-state index contributed by atoms with van der Waals surface area (Å²) in [5.41, 5.74) is 12.2. The third-order valence-corrected chi connectivity index (χ3v) is 11.7. The van der Waals surface area contributed by atoms with E-state index in [2.05, 4.69) is 209 Å². The van der Waals surface area contributed by atoms with Crippen LogP contribution in [0.5, 0.6) is 0 Å². The quantitative estimate of drug-likeness (QED) is 0.167. The molecule has 0 unspecified atom stereocenters. The van der Waals surface area contributed by atoms with E-state index in [9.17, 15) is 0 Å². The second-order valence-electron chi connectivity index (χ2n) is 14.7. The Kier molecular flexibility index (Phi) is 6.63. The molecule has 12 rings (SSSR count). The van der Waals surface area contributed by atoms with E-state index >= 15 is 0 Å². The molecule has 0 aliphatic carbocycles. The van der Waals surface area contributed by atoms with Gasteiger partial charge in [0.25, 0.3) is 0 Å². The zero-order chi connectivity index (χ0) is 36.7. The molecule has 12 aromatic rings. The second kappa shape index (κ2) is 12.0. The molecule has 0 saturated carbocycles. The maximum absolute atomic E-state index is 5.58. The van der Waals surface area contributed by atoms with Gasteiger partial charge in [-0.1, -0.05) is 170 Å². The highest BCUT2D eigenvalue weighted by molar-refractivity contribution is 6.23. The molecule has 0 spiro atoms. The zero-order valence-electron chi connectivity index (χ0n) is 30.4. The number of nitrogens with zero attached hydrogens (tertiary/aromatic N) is 3. The summed E-state index contributed by atoms with van der Waals surface area (Å²) in [4.78, 5) is 5.58. The number of aromatic nitrogens is 3. The molecular weight excluding hydrogens is 679 g/mol. The van der Waals surface area contributed by atoms with Crippen LogP contribution in [0.25, 0.3) is 110 Å². The number of para-hydroxylation sites is 1. The number of pyridine rings is 1. The Labute approximate surface area is 323 Å². The molecule has 3 nitrogen and oxygen atoms in total. The molecule has 260 valence electrons. The first-order valence-electron chi connectivity index (χ1n) is 19.2. The van der Waals surface area contributed by atoms with Gasteiger partial charge in [-0.3, -0.25) is 4.40 Å². The molecule has 0 N–H and O–H groups in total. The first-order valence-corrected chi connectivity index (χ1v) is 19.2. The van der Waals surface area contributed by atoms with Gasteiger partial charge < -0.3 is 4.57 Å². The first kappa shape index (κ1) is 30.9. The molecule has 0 saturated heterocycles.